The molecule has 0 aliphatic heterocycles. The summed E-state index contributed by atoms with van der Waals surface area (Å²) < 4.78 is 1.44. The monoisotopic (exact) mass is 348 g/mol. The van der Waals surface area contributed by atoms with Crippen molar-refractivity contribution < 1.29 is 0 Å². The zero-order valence-corrected chi connectivity index (χ0v) is 14.3. The smallest absolute Gasteiger partial charge is 0.200 e. The van der Waals surface area contributed by atoms with Gasteiger partial charge in [-0.2, -0.15) is 0 Å². The average molecular weight is 348 g/mol. The first-order valence-corrected chi connectivity index (χ1v) is 9.22. The lowest BCUT2D eigenvalue weighted by Crippen LogP contribution is -2.13. The number of aryl methyl sites for hydroxylation is 2. The number of thiophene rings is 1. The predicted molar refractivity (Wildman–Crippen MR) is 96.8 cm³/mol. The first kappa shape index (κ1) is 14.5. The van der Waals surface area contributed by atoms with Gasteiger partial charge in [0.15, 0.2) is 5.65 Å². The first-order valence-electron chi connectivity index (χ1n) is 8.34. The molecule has 1 unspecified atom stereocenters. The molecule has 1 atom stereocenters. The highest BCUT2D eigenvalue weighted by Gasteiger charge is 2.19. The van der Waals surface area contributed by atoms with Crippen molar-refractivity contribution in [2.24, 2.45) is 0 Å². The lowest BCUT2D eigenvalue weighted by atomic mass is 10.00. The largest absolute Gasteiger partial charge is 0.357 e. The topological polar surface area (TPSA) is 68.0 Å². The quantitative estimate of drug-likeness (QED) is 0.613. The van der Waals surface area contributed by atoms with Gasteiger partial charge in [0.2, 0.25) is 0 Å². The maximum atomic E-state index is 4.46. The fraction of sp³-hybridized carbons (Fsp3) is 0.222. The summed E-state index contributed by atoms with van der Waals surface area (Å²) in [6.45, 7) is 0. The Morgan fingerprint density at radius 3 is 2.96 bits per heavy atom. The maximum Gasteiger partial charge on any atom is 0.200 e. The number of rotatable bonds is 4. The molecule has 3 aromatic heterocycles. The van der Waals surface area contributed by atoms with Gasteiger partial charge in [-0.05, 0) is 70.0 Å². The van der Waals surface area contributed by atoms with E-state index < -0.39 is 0 Å². The van der Waals surface area contributed by atoms with Crippen molar-refractivity contribution in [2.45, 2.75) is 25.3 Å². The third-order valence-electron chi connectivity index (χ3n) is 4.65. The molecule has 0 spiro atoms. The number of hydrogen-bond acceptors (Lipinski definition) is 6. The third-order valence-corrected chi connectivity index (χ3v) is 5.58. The van der Waals surface area contributed by atoms with Crippen LogP contribution in [0.4, 0.5) is 5.82 Å². The number of fused-ring (bicyclic) bond motifs is 2. The Morgan fingerprint density at radius 2 is 2.04 bits per heavy atom. The van der Waals surface area contributed by atoms with Crippen molar-refractivity contribution in [1.82, 2.24) is 25.3 Å². The van der Waals surface area contributed by atoms with E-state index in [4.69, 9.17) is 0 Å². The van der Waals surface area contributed by atoms with Gasteiger partial charge in [0.05, 0.1) is 6.04 Å². The molecule has 1 aliphatic rings. The SMILES string of the molecule is c1csc(C(Nc2ccc3nnnn3n2)c2ccc3c(c2)CCC3)c1. The number of aromatic nitrogens is 5. The first-order chi connectivity index (χ1) is 12.4. The minimum Gasteiger partial charge on any atom is -0.357 e. The molecule has 25 heavy (non-hydrogen) atoms. The molecular weight excluding hydrogens is 332 g/mol. The number of tetrazole rings is 1. The molecule has 124 valence electrons. The van der Waals surface area contributed by atoms with Gasteiger partial charge in [0.1, 0.15) is 5.82 Å². The predicted octanol–water partition coefficient (Wildman–Crippen LogP) is 3.27. The highest BCUT2D eigenvalue weighted by Crippen LogP contribution is 2.32. The van der Waals surface area contributed by atoms with E-state index in [1.807, 2.05) is 12.1 Å². The van der Waals surface area contributed by atoms with E-state index in [1.54, 1.807) is 11.3 Å². The number of benzene rings is 1. The number of anilines is 1. The van der Waals surface area contributed by atoms with Gasteiger partial charge in [0, 0.05) is 4.88 Å². The van der Waals surface area contributed by atoms with Crippen molar-refractivity contribution in [1.29, 1.82) is 0 Å². The molecule has 0 radical (unpaired) electrons. The van der Waals surface area contributed by atoms with Crippen LogP contribution in [-0.2, 0) is 12.8 Å². The number of nitrogens with one attached hydrogen (secondary N) is 1. The van der Waals surface area contributed by atoms with Gasteiger partial charge in [-0.1, -0.05) is 24.3 Å². The van der Waals surface area contributed by atoms with E-state index in [2.05, 4.69) is 61.7 Å². The summed E-state index contributed by atoms with van der Waals surface area (Å²) in [5.41, 5.74) is 4.86. The zero-order valence-electron chi connectivity index (χ0n) is 13.5. The van der Waals surface area contributed by atoms with Gasteiger partial charge in [-0.15, -0.1) is 26.2 Å². The number of hydrogen-bond donors (Lipinski definition) is 1. The van der Waals surface area contributed by atoms with Crippen LogP contribution in [0.5, 0.6) is 0 Å². The Labute approximate surface area is 148 Å². The second kappa shape index (κ2) is 5.93. The van der Waals surface area contributed by atoms with Gasteiger partial charge < -0.3 is 5.32 Å². The summed E-state index contributed by atoms with van der Waals surface area (Å²) in [4.78, 5) is 1.26. The Morgan fingerprint density at radius 1 is 1.08 bits per heavy atom. The Hall–Kier alpha value is -2.80. The normalized spacial score (nSPS) is 14.6. The third kappa shape index (κ3) is 2.66. The summed E-state index contributed by atoms with van der Waals surface area (Å²) in [7, 11) is 0. The van der Waals surface area contributed by atoms with Crippen molar-refractivity contribution >= 4 is 22.8 Å². The molecule has 1 N–H and O–H groups in total. The summed E-state index contributed by atoms with van der Waals surface area (Å²) in [6, 6.07) is 14.9. The molecule has 4 aromatic rings. The summed E-state index contributed by atoms with van der Waals surface area (Å²) >= 11 is 1.75. The Bertz CT molecular complexity index is 1020. The van der Waals surface area contributed by atoms with Crippen LogP contribution in [0.25, 0.3) is 5.65 Å². The molecule has 0 bridgehead atoms. The van der Waals surface area contributed by atoms with Crippen LogP contribution in [0.15, 0.2) is 47.8 Å². The Balaban J connectivity index is 1.54. The van der Waals surface area contributed by atoms with Crippen molar-refractivity contribution in [2.75, 3.05) is 5.32 Å². The Kier molecular flexibility index (Phi) is 3.45. The maximum absolute atomic E-state index is 4.46. The van der Waals surface area contributed by atoms with Crippen LogP contribution in [0.2, 0.25) is 0 Å². The van der Waals surface area contributed by atoms with Crippen LogP contribution in [-0.4, -0.2) is 25.3 Å². The van der Waals surface area contributed by atoms with Crippen LogP contribution in [0.1, 0.15) is 34.0 Å². The van der Waals surface area contributed by atoms with E-state index >= 15 is 0 Å². The van der Waals surface area contributed by atoms with Crippen molar-refractivity contribution in [3.05, 3.63) is 69.4 Å². The summed E-state index contributed by atoms with van der Waals surface area (Å²) in [5, 5.41) is 21.5. The molecule has 5 rings (SSSR count). The summed E-state index contributed by atoms with van der Waals surface area (Å²) in [6.07, 6.45) is 3.63. The van der Waals surface area contributed by atoms with E-state index in [9.17, 15) is 0 Å². The summed E-state index contributed by atoms with van der Waals surface area (Å²) in [5.74, 6) is 0.749. The minimum atomic E-state index is 0.0623. The number of nitrogens with zero attached hydrogens (tertiary/aromatic N) is 5. The van der Waals surface area contributed by atoms with Gasteiger partial charge in [0.25, 0.3) is 0 Å². The van der Waals surface area contributed by atoms with E-state index in [0.29, 0.717) is 5.65 Å². The molecule has 0 saturated heterocycles. The molecule has 0 fully saturated rings. The second-order valence-corrected chi connectivity index (χ2v) is 7.20. The second-order valence-electron chi connectivity index (χ2n) is 6.22. The molecule has 7 heteroatoms. The fourth-order valence-electron chi connectivity index (χ4n) is 3.42. The van der Waals surface area contributed by atoms with Gasteiger partial charge >= 0.3 is 0 Å². The van der Waals surface area contributed by atoms with Crippen LogP contribution in [0, 0.1) is 0 Å². The zero-order chi connectivity index (χ0) is 16.6. The van der Waals surface area contributed by atoms with Gasteiger partial charge in [-0.3, -0.25) is 0 Å². The van der Waals surface area contributed by atoms with Crippen molar-refractivity contribution in [3.63, 3.8) is 0 Å². The van der Waals surface area contributed by atoms with Crippen LogP contribution in [0.3, 0.4) is 0 Å². The van der Waals surface area contributed by atoms with E-state index in [-0.39, 0.29) is 6.04 Å². The van der Waals surface area contributed by atoms with Crippen LogP contribution < -0.4 is 5.32 Å². The highest BCUT2D eigenvalue weighted by atomic mass is 32.1. The lowest BCUT2D eigenvalue weighted by molar-refractivity contribution is 0.731. The van der Waals surface area contributed by atoms with Crippen molar-refractivity contribution in [3.8, 4) is 0 Å². The highest BCUT2D eigenvalue weighted by molar-refractivity contribution is 7.10. The lowest BCUT2D eigenvalue weighted by Gasteiger charge is -2.19. The van der Waals surface area contributed by atoms with E-state index in [1.165, 1.54) is 45.5 Å². The molecule has 6 nitrogen and oxygen atoms in total. The molecule has 1 aliphatic carbocycles. The van der Waals surface area contributed by atoms with Crippen LogP contribution >= 0.6 is 11.3 Å². The average Bonchev–Trinajstić information content (AvgIpc) is 3.39. The van der Waals surface area contributed by atoms with E-state index in [0.717, 1.165) is 5.82 Å². The molecule has 0 amide bonds. The minimum absolute atomic E-state index is 0.0623. The molecule has 3 heterocycles. The molecule has 0 saturated carbocycles. The molecule has 1 aromatic carbocycles. The van der Waals surface area contributed by atoms with Gasteiger partial charge in [-0.25, -0.2) is 0 Å². The molecular formula is C18H16N6S. The standard InChI is InChI=1S/C18H16N6S/c1-3-12-6-7-14(11-13(12)4-1)18(15-5-2-10-25-15)19-16-8-9-17-20-22-23-24(17)21-16/h2,5-11,18H,1,3-4H2,(H,19,21). The fourth-order valence-corrected chi connectivity index (χ4v) is 4.22.